The summed E-state index contributed by atoms with van der Waals surface area (Å²) < 4.78 is 11.9. The maximum Gasteiger partial charge on any atom is 0.335 e. The molecule has 1 N–H and O–H groups in total. The van der Waals surface area contributed by atoms with Crippen LogP contribution in [0.1, 0.15) is 10.4 Å². The monoisotopic (exact) mass is 386 g/mol. The molecular formula is C19H15BrO4. The van der Waals surface area contributed by atoms with Crippen molar-refractivity contribution in [2.75, 3.05) is 13.2 Å². The van der Waals surface area contributed by atoms with E-state index in [1.165, 1.54) is 17.5 Å². The number of carbonyl (C=O) groups is 1. The van der Waals surface area contributed by atoms with Crippen LogP contribution in [0.3, 0.4) is 0 Å². The third kappa shape index (κ3) is 3.86. The number of hydrogen-bond acceptors (Lipinski definition) is 3. The van der Waals surface area contributed by atoms with Crippen molar-refractivity contribution in [3.8, 4) is 11.5 Å². The molecule has 5 heteroatoms. The third-order valence-corrected chi connectivity index (χ3v) is 4.13. The highest BCUT2D eigenvalue weighted by atomic mass is 79.9. The Kier molecular flexibility index (Phi) is 5.01. The molecule has 0 unspecified atom stereocenters. The van der Waals surface area contributed by atoms with Gasteiger partial charge in [-0.2, -0.15) is 0 Å². The van der Waals surface area contributed by atoms with E-state index in [-0.39, 0.29) is 5.56 Å². The van der Waals surface area contributed by atoms with Crippen LogP contribution in [0.15, 0.2) is 65.1 Å². The molecule has 0 saturated heterocycles. The quantitative estimate of drug-likeness (QED) is 0.620. The Bertz CT molecular complexity index is 876. The molecule has 0 aliphatic carbocycles. The van der Waals surface area contributed by atoms with E-state index in [0.29, 0.717) is 23.4 Å². The van der Waals surface area contributed by atoms with Crippen LogP contribution >= 0.6 is 15.9 Å². The fraction of sp³-hybridized carbons (Fsp3) is 0.105. The Hall–Kier alpha value is -2.53. The number of fused-ring (bicyclic) bond motifs is 1. The molecule has 0 spiro atoms. The van der Waals surface area contributed by atoms with E-state index in [9.17, 15) is 4.79 Å². The van der Waals surface area contributed by atoms with Crippen molar-refractivity contribution in [3.63, 3.8) is 0 Å². The lowest BCUT2D eigenvalue weighted by atomic mass is 10.1. The van der Waals surface area contributed by atoms with Gasteiger partial charge in [-0.15, -0.1) is 0 Å². The second-order valence-corrected chi connectivity index (χ2v) is 6.01. The van der Waals surface area contributed by atoms with Gasteiger partial charge in [0.2, 0.25) is 0 Å². The zero-order valence-corrected chi connectivity index (χ0v) is 14.3. The van der Waals surface area contributed by atoms with Gasteiger partial charge in [0.05, 0.1) is 10.0 Å². The topological polar surface area (TPSA) is 55.8 Å². The summed E-state index contributed by atoms with van der Waals surface area (Å²) in [4.78, 5) is 10.9. The second-order valence-electron chi connectivity index (χ2n) is 5.16. The molecule has 0 amide bonds. The number of halogens is 1. The fourth-order valence-corrected chi connectivity index (χ4v) is 2.81. The zero-order valence-electron chi connectivity index (χ0n) is 12.7. The van der Waals surface area contributed by atoms with Gasteiger partial charge >= 0.3 is 5.97 Å². The first kappa shape index (κ1) is 16.3. The first-order chi connectivity index (χ1) is 11.6. The molecule has 0 radical (unpaired) electrons. The Morgan fingerprint density at radius 3 is 2.42 bits per heavy atom. The molecule has 0 saturated carbocycles. The van der Waals surface area contributed by atoms with Crippen molar-refractivity contribution >= 4 is 32.7 Å². The van der Waals surface area contributed by atoms with Gasteiger partial charge in [0, 0.05) is 0 Å². The van der Waals surface area contributed by atoms with Gasteiger partial charge in [-0.05, 0) is 57.0 Å². The number of rotatable bonds is 6. The molecule has 0 bridgehead atoms. The second kappa shape index (κ2) is 7.36. The van der Waals surface area contributed by atoms with Gasteiger partial charge in [0.25, 0.3) is 0 Å². The molecule has 3 rings (SSSR count). The van der Waals surface area contributed by atoms with Crippen LogP contribution in [-0.2, 0) is 0 Å². The van der Waals surface area contributed by atoms with Crippen LogP contribution in [0.25, 0.3) is 10.8 Å². The smallest absolute Gasteiger partial charge is 0.335 e. The van der Waals surface area contributed by atoms with Gasteiger partial charge in [-0.3, -0.25) is 0 Å². The van der Waals surface area contributed by atoms with Gasteiger partial charge in [0.15, 0.2) is 0 Å². The van der Waals surface area contributed by atoms with Crippen molar-refractivity contribution in [1.82, 2.24) is 0 Å². The van der Waals surface area contributed by atoms with Gasteiger partial charge in [-0.1, -0.05) is 30.3 Å². The summed E-state index contributed by atoms with van der Waals surface area (Å²) in [7, 11) is 0. The number of hydrogen-bond donors (Lipinski definition) is 1. The average molecular weight is 387 g/mol. The lowest BCUT2D eigenvalue weighted by molar-refractivity contribution is 0.0696. The van der Waals surface area contributed by atoms with E-state index < -0.39 is 5.97 Å². The third-order valence-electron chi connectivity index (χ3n) is 3.51. The minimum absolute atomic E-state index is 0.210. The Labute approximate surface area is 147 Å². The standard InChI is InChI=1S/C19H15BrO4/c20-17-12-15(19(21)22)6-8-18(17)24-10-9-23-16-7-5-13-3-1-2-4-14(13)11-16/h1-8,11-12H,9-10H2,(H,21,22). The van der Waals surface area contributed by atoms with Crippen LogP contribution in [0.2, 0.25) is 0 Å². The highest BCUT2D eigenvalue weighted by Crippen LogP contribution is 2.26. The lowest BCUT2D eigenvalue weighted by Crippen LogP contribution is -2.09. The van der Waals surface area contributed by atoms with Gasteiger partial charge in [0.1, 0.15) is 24.7 Å². The molecule has 0 aliphatic heterocycles. The average Bonchev–Trinajstić information content (AvgIpc) is 2.59. The normalized spacial score (nSPS) is 10.5. The summed E-state index contributed by atoms with van der Waals surface area (Å²) in [5.41, 5.74) is 0.210. The Morgan fingerprint density at radius 1 is 0.917 bits per heavy atom. The summed E-state index contributed by atoms with van der Waals surface area (Å²) in [5.74, 6) is 0.404. The molecule has 122 valence electrons. The zero-order chi connectivity index (χ0) is 16.9. The van der Waals surface area contributed by atoms with Crippen LogP contribution < -0.4 is 9.47 Å². The van der Waals surface area contributed by atoms with Crippen LogP contribution in [0, 0.1) is 0 Å². The van der Waals surface area contributed by atoms with Gasteiger partial charge < -0.3 is 14.6 Å². The largest absolute Gasteiger partial charge is 0.490 e. The van der Waals surface area contributed by atoms with Crippen molar-refractivity contribution in [1.29, 1.82) is 0 Å². The van der Waals surface area contributed by atoms with Crippen LogP contribution in [-0.4, -0.2) is 24.3 Å². The Morgan fingerprint density at radius 2 is 1.67 bits per heavy atom. The number of benzene rings is 3. The summed E-state index contributed by atoms with van der Waals surface area (Å²) in [6.07, 6.45) is 0. The molecule has 0 fully saturated rings. The number of aromatic carboxylic acids is 1. The molecule has 0 heterocycles. The summed E-state index contributed by atoms with van der Waals surface area (Å²) >= 11 is 3.31. The molecular weight excluding hydrogens is 372 g/mol. The van der Waals surface area contributed by atoms with E-state index in [2.05, 4.69) is 22.0 Å². The van der Waals surface area contributed by atoms with Crippen molar-refractivity contribution in [3.05, 3.63) is 70.7 Å². The number of ether oxygens (including phenoxy) is 2. The molecule has 4 nitrogen and oxygen atoms in total. The molecule has 0 atom stereocenters. The fourth-order valence-electron chi connectivity index (χ4n) is 2.32. The maximum atomic E-state index is 10.9. The number of carboxylic acid groups (broad SMARTS) is 1. The lowest BCUT2D eigenvalue weighted by Gasteiger charge is -2.10. The van der Waals surface area contributed by atoms with E-state index in [0.717, 1.165) is 11.1 Å². The highest BCUT2D eigenvalue weighted by Gasteiger charge is 2.07. The van der Waals surface area contributed by atoms with Crippen LogP contribution in [0.4, 0.5) is 0 Å². The summed E-state index contributed by atoms with van der Waals surface area (Å²) in [6.45, 7) is 0.753. The van der Waals surface area contributed by atoms with Crippen LogP contribution in [0.5, 0.6) is 11.5 Å². The first-order valence-corrected chi connectivity index (χ1v) is 8.20. The predicted molar refractivity (Wildman–Crippen MR) is 96.0 cm³/mol. The van der Waals surface area contributed by atoms with Gasteiger partial charge in [-0.25, -0.2) is 4.79 Å². The minimum Gasteiger partial charge on any atom is -0.490 e. The highest BCUT2D eigenvalue weighted by molar-refractivity contribution is 9.10. The Balaban J connectivity index is 1.55. The summed E-state index contributed by atoms with van der Waals surface area (Å²) in [6, 6.07) is 18.7. The maximum absolute atomic E-state index is 10.9. The van der Waals surface area contributed by atoms with Crippen molar-refractivity contribution in [2.45, 2.75) is 0 Å². The molecule has 3 aromatic carbocycles. The molecule has 0 aliphatic rings. The van der Waals surface area contributed by atoms with Crippen molar-refractivity contribution < 1.29 is 19.4 Å². The first-order valence-electron chi connectivity index (χ1n) is 7.41. The van der Waals surface area contributed by atoms with E-state index in [4.69, 9.17) is 14.6 Å². The van der Waals surface area contributed by atoms with E-state index in [1.54, 1.807) is 6.07 Å². The number of carboxylic acids is 1. The van der Waals surface area contributed by atoms with E-state index >= 15 is 0 Å². The predicted octanol–water partition coefficient (Wildman–Crippen LogP) is 4.76. The SMILES string of the molecule is O=C(O)c1ccc(OCCOc2ccc3ccccc3c2)c(Br)c1. The summed E-state index contributed by atoms with van der Waals surface area (Å²) in [5, 5.41) is 11.2. The minimum atomic E-state index is -0.970. The molecule has 24 heavy (non-hydrogen) atoms. The van der Waals surface area contributed by atoms with E-state index in [1.807, 2.05) is 36.4 Å². The van der Waals surface area contributed by atoms with Crippen molar-refractivity contribution in [2.24, 2.45) is 0 Å². The molecule has 3 aromatic rings. The molecule has 0 aromatic heterocycles.